The van der Waals surface area contributed by atoms with Crippen molar-refractivity contribution in [3.8, 4) is 0 Å². The van der Waals surface area contributed by atoms with E-state index in [2.05, 4.69) is 5.32 Å². The Morgan fingerprint density at radius 3 is 2.77 bits per heavy atom. The number of rotatable bonds is 3. The molecule has 2 aromatic heterocycles. The number of nitrogens with zero attached hydrogens (tertiary/aromatic N) is 1. The summed E-state index contributed by atoms with van der Waals surface area (Å²) in [6.45, 7) is 1.87. The third-order valence-corrected chi connectivity index (χ3v) is 4.22. The first-order chi connectivity index (χ1) is 10.6. The van der Waals surface area contributed by atoms with E-state index in [4.69, 9.17) is 4.42 Å². The van der Waals surface area contributed by atoms with Crippen molar-refractivity contribution in [3.05, 3.63) is 51.6 Å². The van der Waals surface area contributed by atoms with Gasteiger partial charge in [0.25, 0.3) is 11.8 Å². The molecule has 0 bridgehead atoms. The molecule has 3 heterocycles. The van der Waals surface area contributed by atoms with E-state index in [1.54, 1.807) is 12.1 Å². The van der Waals surface area contributed by atoms with E-state index < -0.39 is 17.8 Å². The van der Waals surface area contributed by atoms with Crippen molar-refractivity contribution in [1.29, 1.82) is 0 Å². The zero-order chi connectivity index (χ0) is 15.7. The second-order valence-corrected chi connectivity index (χ2v) is 5.70. The van der Waals surface area contributed by atoms with Gasteiger partial charge in [-0.15, -0.1) is 11.3 Å². The Labute approximate surface area is 130 Å². The van der Waals surface area contributed by atoms with Crippen molar-refractivity contribution in [1.82, 2.24) is 10.2 Å². The van der Waals surface area contributed by atoms with Crippen LogP contribution in [0.15, 0.2) is 39.8 Å². The number of amides is 4. The smallest absolute Gasteiger partial charge is 0.331 e. The van der Waals surface area contributed by atoms with Crippen LogP contribution in [0.2, 0.25) is 0 Å². The Morgan fingerprint density at radius 1 is 1.32 bits per heavy atom. The van der Waals surface area contributed by atoms with Gasteiger partial charge in [-0.25, -0.2) is 4.79 Å². The summed E-state index contributed by atoms with van der Waals surface area (Å²) in [5, 5.41) is 4.05. The third kappa shape index (κ3) is 2.58. The SMILES string of the molecule is Cc1ccsc1/C=C1\C(=O)NC(=O)N(Cc2ccco2)C1=O. The molecule has 112 valence electrons. The molecule has 0 radical (unpaired) electrons. The summed E-state index contributed by atoms with van der Waals surface area (Å²) < 4.78 is 5.14. The molecule has 2 aromatic rings. The van der Waals surface area contributed by atoms with Gasteiger partial charge in [0.15, 0.2) is 0 Å². The van der Waals surface area contributed by atoms with Gasteiger partial charge in [0.1, 0.15) is 11.3 Å². The highest BCUT2D eigenvalue weighted by Gasteiger charge is 2.36. The summed E-state index contributed by atoms with van der Waals surface area (Å²) in [6, 6.07) is 4.47. The van der Waals surface area contributed by atoms with E-state index in [0.29, 0.717) is 5.76 Å². The van der Waals surface area contributed by atoms with Crippen LogP contribution in [0.1, 0.15) is 16.2 Å². The summed E-state index contributed by atoms with van der Waals surface area (Å²) in [7, 11) is 0. The van der Waals surface area contributed by atoms with Crippen molar-refractivity contribution >= 4 is 35.3 Å². The van der Waals surface area contributed by atoms with Gasteiger partial charge in [0.05, 0.1) is 12.8 Å². The molecular formula is C15H12N2O4S. The Kier molecular flexibility index (Phi) is 3.64. The molecule has 0 atom stereocenters. The first-order valence-electron chi connectivity index (χ1n) is 6.51. The Morgan fingerprint density at radius 2 is 2.14 bits per heavy atom. The molecule has 6 nitrogen and oxygen atoms in total. The molecule has 3 rings (SSSR count). The number of imide groups is 2. The number of carbonyl (C=O) groups is 3. The van der Waals surface area contributed by atoms with Gasteiger partial charge in [0.2, 0.25) is 0 Å². The van der Waals surface area contributed by atoms with Crippen LogP contribution in [0.3, 0.4) is 0 Å². The first-order valence-corrected chi connectivity index (χ1v) is 7.39. The monoisotopic (exact) mass is 316 g/mol. The van der Waals surface area contributed by atoms with E-state index >= 15 is 0 Å². The zero-order valence-corrected chi connectivity index (χ0v) is 12.5. The highest BCUT2D eigenvalue weighted by molar-refractivity contribution is 7.11. The highest BCUT2D eigenvalue weighted by Crippen LogP contribution is 2.22. The summed E-state index contributed by atoms with van der Waals surface area (Å²) in [5.74, 6) is -0.846. The number of urea groups is 1. The molecule has 1 aliphatic rings. The van der Waals surface area contributed by atoms with Gasteiger partial charge >= 0.3 is 6.03 Å². The van der Waals surface area contributed by atoms with Crippen LogP contribution in [-0.4, -0.2) is 22.7 Å². The van der Waals surface area contributed by atoms with Crippen LogP contribution in [0.25, 0.3) is 6.08 Å². The van der Waals surface area contributed by atoms with E-state index in [1.807, 2.05) is 18.4 Å². The van der Waals surface area contributed by atoms with Gasteiger partial charge < -0.3 is 4.42 Å². The Bertz CT molecular complexity index is 773. The predicted molar refractivity (Wildman–Crippen MR) is 79.8 cm³/mol. The maximum absolute atomic E-state index is 12.4. The van der Waals surface area contributed by atoms with Crippen LogP contribution in [0, 0.1) is 6.92 Å². The van der Waals surface area contributed by atoms with Crippen molar-refractivity contribution in [2.75, 3.05) is 0 Å². The number of nitrogens with one attached hydrogen (secondary N) is 1. The van der Waals surface area contributed by atoms with Crippen molar-refractivity contribution in [2.45, 2.75) is 13.5 Å². The number of hydrogen-bond donors (Lipinski definition) is 1. The zero-order valence-electron chi connectivity index (χ0n) is 11.7. The molecule has 0 aliphatic carbocycles. The quantitative estimate of drug-likeness (QED) is 0.696. The molecule has 1 saturated heterocycles. The normalized spacial score (nSPS) is 17.2. The van der Waals surface area contributed by atoms with Gasteiger partial charge in [0, 0.05) is 4.88 Å². The van der Waals surface area contributed by atoms with E-state index in [9.17, 15) is 14.4 Å². The molecule has 0 saturated carbocycles. The summed E-state index contributed by atoms with van der Waals surface area (Å²) in [4.78, 5) is 38.0. The molecule has 7 heteroatoms. The number of thiophene rings is 1. The van der Waals surface area contributed by atoms with Crippen molar-refractivity contribution in [2.24, 2.45) is 0 Å². The van der Waals surface area contributed by atoms with Crippen LogP contribution in [-0.2, 0) is 16.1 Å². The fourth-order valence-corrected chi connectivity index (χ4v) is 2.92. The van der Waals surface area contributed by atoms with Crippen molar-refractivity contribution in [3.63, 3.8) is 0 Å². The average Bonchev–Trinajstić information content (AvgIpc) is 3.11. The standard InChI is InChI=1S/C15H12N2O4S/c1-9-4-6-22-12(9)7-11-13(18)16-15(20)17(14(11)19)8-10-3-2-5-21-10/h2-7H,8H2,1H3,(H,16,18,20)/b11-7+. The lowest BCUT2D eigenvalue weighted by molar-refractivity contribution is -0.130. The molecule has 22 heavy (non-hydrogen) atoms. The fourth-order valence-electron chi connectivity index (χ4n) is 2.06. The van der Waals surface area contributed by atoms with Crippen LogP contribution in [0.4, 0.5) is 4.79 Å². The Hall–Kier alpha value is -2.67. The summed E-state index contributed by atoms with van der Waals surface area (Å²) in [6.07, 6.45) is 2.97. The van der Waals surface area contributed by atoms with E-state index in [0.717, 1.165) is 15.3 Å². The lowest BCUT2D eigenvalue weighted by Gasteiger charge is -2.25. The average molecular weight is 316 g/mol. The molecule has 1 N–H and O–H groups in total. The van der Waals surface area contributed by atoms with Crippen LogP contribution < -0.4 is 5.32 Å². The van der Waals surface area contributed by atoms with Gasteiger partial charge in [-0.05, 0) is 42.1 Å². The minimum Gasteiger partial charge on any atom is -0.467 e. The molecule has 0 unspecified atom stereocenters. The molecule has 1 aliphatic heterocycles. The minimum atomic E-state index is -0.744. The number of carbonyl (C=O) groups excluding carboxylic acids is 3. The summed E-state index contributed by atoms with van der Waals surface area (Å²) >= 11 is 1.42. The lowest BCUT2D eigenvalue weighted by atomic mass is 10.1. The third-order valence-electron chi connectivity index (χ3n) is 3.26. The molecule has 1 fully saturated rings. The van der Waals surface area contributed by atoms with E-state index in [1.165, 1.54) is 23.7 Å². The highest BCUT2D eigenvalue weighted by atomic mass is 32.1. The maximum Gasteiger partial charge on any atom is 0.331 e. The lowest BCUT2D eigenvalue weighted by Crippen LogP contribution is -2.53. The summed E-state index contributed by atoms with van der Waals surface area (Å²) in [5.41, 5.74) is 0.907. The number of furan rings is 1. The molecular weight excluding hydrogens is 304 g/mol. The van der Waals surface area contributed by atoms with Crippen molar-refractivity contribution < 1.29 is 18.8 Å². The molecule has 0 aromatic carbocycles. The largest absolute Gasteiger partial charge is 0.467 e. The van der Waals surface area contributed by atoms with Gasteiger partial charge in [-0.1, -0.05) is 0 Å². The number of hydrogen-bond acceptors (Lipinski definition) is 5. The van der Waals surface area contributed by atoms with Crippen LogP contribution in [0.5, 0.6) is 0 Å². The fraction of sp³-hybridized carbons (Fsp3) is 0.133. The van der Waals surface area contributed by atoms with E-state index in [-0.39, 0.29) is 12.1 Å². The number of barbiturate groups is 1. The molecule has 0 spiro atoms. The minimum absolute atomic E-state index is 0.0221. The predicted octanol–water partition coefficient (Wildman–Crippen LogP) is 2.31. The second-order valence-electron chi connectivity index (χ2n) is 4.76. The Balaban J connectivity index is 1.92. The van der Waals surface area contributed by atoms with Gasteiger partial charge in [-0.3, -0.25) is 19.8 Å². The molecule has 4 amide bonds. The number of aryl methyl sites for hydroxylation is 1. The van der Waals surface area contributed by atoms with Crippen LogP contribution >= 0.6 is 11.3 Å². The van der Waals surface area contributed by atoms with Gasteiger partial charge in [-0.2, -0.15) is 0 Å². The second kappa shape index (κ2) is 5.61. The maximum atomic E-state index is 12.4. The topological polar surface area (TPSA) is 79.6 Å². The first kappa shape index (κ1) is 14.3.